The van der Waals surface area contributed by atoms with E-state index in [0.29, 0.717) is 0 Å². The van der Waals surface area contributed by atoms with E-state index in [1.54, 1.807) is 6.92 Å². The van der Waals surface area contributed by atoms with Crippen LogP contribution < -0.4 is 5.32 Å². The van der Waals surface area contributed by atoms with Crippen molar-refractivity contribution >= 4 is 21.8 Å². The first-order chi connectivity index (χ1) is 38.9. The zero-order valence-corrected chi connectivity index (χ0v) is 46.6. The number of nitrogens with one attached hydrogen (secondary N) is 1. The maximum atomic E-state index is 12.2. The molecule has 34 heteroatoms. The molecule has 19 N–H and O–H groups in total. The third kappa shape index (κ3) is 14.4. The highest BCUT2D eigenvalue weighted by atomic mass is 79.9. The van der Waals surface area contributed by atoms with Gasteiger partial charge in [0.25, 0.3) is 0 Å². The van der Waals surface area contributed by atoms with Crippen molar-refractivity contribution in [2.75, 3.05) is 51.6 Å². The molecule has 7 fully saturated rings. The Hall–Kier alpha value is -1.29. The van der Waals surface area contributed by atoms with E-state index in [0.717, 1.165) is 0 Å². The van der Waals surface area contributed by atoms with Gasteiger partial charge in [0.05, 0.1) is 76.0 Å². The second-order valence-corrected chi connectivity index (χ2v) is 22.4. The highest BCUT2D eigenvalue weighted by Gasteiger charge is 2.58. The van der Waals surface area contributed by atoms with Gasteiger partial charge in [-0.2, -0.15) is 0 Å². The summed E-state index contributed by atoms with van der Waals surface area (Å²) in [4.78, 5) is 12.2. The van der Waals surface area contributed by atoms with Crippen LogP contribution in [0.4, 0.5) is 0 Å². The number of rotatable bonds is 21. The predicted molar refractivity (Wildman–Crippen MR) is 264 cm³/mol. The molecule has 7 saturated heterocycles. The van der Waals surface area contributed by atoms with Crippen LogP contribution in [0.2, 0.25) is 0 Å². The van der Waals surface area contributed by atoms with Crippen molar-refractivity contribution < 1.29 is 158 Å². The van der Waals surface area contributed by atoms with Gasteiger partial charge < -0.3 is 159 Å². The van der Waals surface area contributed by atoms with Crippen molar-refractivity contribution in [2.45, 2.75) is 218 Å². The van der Waals surface area contributed by atoms with Crippen LogP contribution in [0.15, 0.2) is 0 Å². The zero-order chi connectivity index (χ0) is 60.3. The monoisotopic (exact) mass is 1260 g/mol. The Morgan fingerprint density at radius 2 is 0.695 bits per heavy atom. The Bertz CT molecular complexity index is 1960. The third-order valence-corrected chi connectivity index (χ3v) is 16.9. The molecule has 7 heterocycles. The molecule has 82 heavy (non-hydrogen) atoms. The molecular formula is C48H82BrNO32. The number of alkyl halides is 1. The summed E-state index contributed by atoms with van der Waals surface area (Å²) < 4.78 is 77.7. The molecule has 0 saturated carbocycles. The van der Waals surface area contributed by atoms with E-state index >= 15 is 0 Å². The topological polar surface area (TPSA) is 513 Å². The van der Waals surface area contributed by atoms with E-state index in [1.165, 1.54) is 20.8 Å². The van der Waals surface area contributed by atoms with Crippen LogP contribution in [0.25, 0.3) is 0 Å². The number of amides is 1. The Labute approximate surface area is 477 Å². The summed E-state index contributed by atoms with van der Waals surface area (Å²) in [5.41, 5.74) is 0. The maximum Gasteiger partial charge on any atom is 0.232 e. The van der Waals surface area contributed by atoms with E-state index < -0.39 is 266 Å². The van der Waals surface area contributed by atoms with Crippen LogP contribution in [0.3, 0.4) is 0 Å². The molecular weight excluding hydrogens is 1180 g/mol. The van der Waals surface area contributed by atoms with Gasteiger partial charge in [0.1, 0.15) is 128 Å². The largest absolute Gasteiger partial charge is 0.394 e. The fourth-order valence-corrected chi connectivity index (χ4v) is 11.1. The van der Waals surface area contributed by atoms with Gasteiger partial charge in [0.2, 0.25) is 5.91 Å². The summed E-state index contributed by atoms with van der Waals surface area (Å²) in [6.45, 7) is -0.268. The Morgan fingerprint density at radius 3 is 1.16 bits per heavy atom. The highest BCUT2D eigenvalue weighted by Crippen LogP contribution is 2.40. The molecule has 0 aromatic heterocycles. The number of ether oxygens (including phenoxy) is 13. The smallest absolute Gasteiger partial charge is 0.232 e. The number of aliphatic hydroxyl groups is 18. The van der Waals surface area contributed by atoms with Gasteiger partial charge in [-0.05, 0) is 0 Å². The SMILES string of the molecule is CC1C(O)[C@H](O)[C@H](CO)O[C@H]1O[C@@H]1C(O)[C@H](O)C(CO)O[C@@H]1OCC1O[C@@H](O[C@@H]2C(CO)O[C@@H](O[C@@H]3C(CO)O[C@@H](NC(=O)CBr)[C@@H](C)C3O)[C@@H](C)C2O)[C@H](O)C(O[C@H]2O[C@H](CO)[C@@H](O)C(O)C2O[C@@H]2OC(CO)[C@@H](O)C(O)[C@@H]2C)[C@@H]1O. The van der Waals surface area contributed by atoms with Crippen molar-refractivity contribution in [1.82, 2.24) is 5.32 Å². The van der Waals surface area contributed by atoms with Gasteiger partial charge in [0, 0.05) is 23.7 Å². The fourth-order valence-electron chi connectivity index (χ4n) is 11.0. The fraction of sp³-hybridized carbons (Fsp3) is 0.979. The lowest BCUT2D eigenvalue weighted by Crippen LogP contribution is -2.68. The minimum atomic E-state index is -2.23. The van der Waals surface area contributed by atoms with Crippen LogP contribution in [-0.2, 0) is 66.4 Å². The van der Waals surface area contributed by atoms with Crippen LogP contribution in [0.5, 0.6) is 0 Å². The molecule has 7 aliphatic heterocycles. The summed E-state index contributed by atoms with van der Waals surface area (Å²) in [6.07, 6.45) is -52.7. The molecule has 7 rings (SSSR count). The molecule has 35 atom stereocenters. The lowest BCUT2D eigenvalue weighted by atomic mass is 9.89. The lowest BCUT2D eigenvalue weighted by Gasteiger charge is -2.50. The first-order valence-electron chi connectivity index (χ1n) is 27.0. The third-order valence-electron chi connectivity index (χ3n) is 16.4. The van der Waals surface area contributed by atoms with Crippen molar-refractivity contribution in [3.8, 4) is 0 Å². The van der Waals surface area contributed by atoms with Crippen LogP contribution >= 0.6 is 15.9 Å². The molecule has 0 aromatic rings. The molecule has 0 aliphatic carbocycles. The molecule has 0 bridgehead atoms. The Morgan fingerprint density at radius 1 is 0.354 bits per heavy atom. The van der Waals surface area contributed by atoms with Crippen LogP contribution in [-0.4, -0.2) is 340 Å². The lowest BCUT2D eigenvalue weighted by molar-refractivity contribution is -0.398. The van der Waals surface area contributed by atoms with Gasteiger partial charge >= 0.3 is 0 Å². The number of hydrogen-bond acceptors (Lipinski definition) is 32. The molecule has 14 unspecified atom stereocenters. The van der Waals surface area contributed by atoms with Crippen molar-refractivity contribution in [1.29, 1.82) is 0 Å². The van der Waals surface area contributed by atoms with Gasteiger partial charge in [-0.25, -0.2) is 0 Å². The van der Waals surface area contributed by atoms with Crippen molar-refractivity contribution in [3.63, 3.8) is 0 Å². The average molecular weight is 1270 g/mol. The zero-order valence-electron chi connectivity index (χ0n) is 45.0. The number of carbonyl (C=O) groups is 1. The first-order valence-corrected chi connectivity index (χ1v) is 28.2. The maximum absolute atomic E-state index is 12.2. The molecule has 0 spiro atoms. The second kappa shape index (κ2) is 29.8. The summed E-state index contributed by atoms with van der Waals surface area (Å²) in [6, 6.07) is 0. The van der Waals surface area contributed by atoms with E-state index in [-0.39, 0.29) is 5.33 Å². The average Bonchev–Trinajstić information content (AvgIpc) is 3.29. The van der Waals surface area contributed by atoms with Gasteiger partial charge in [-0.15, -0.1) is 0 Å². The minimum absolute atomic E-state index is 0.0904. The summed E-state index contributed by atoms with van der Waals surface area (Å²) in [5, 5.41) is 199. The highest BCUT2D eigenvalue weighted by molar-refractivity contribution is 9.09. The molecule has 0 radical (unpaired) electrons. The molecule has 0 aromatic carbocycles. The van der Waals surface area contributed by atoms with E-state index in [4.69, 9.17) is 61.6 Å². The van der Waals surface area contributed by atoms with Crippen LogP contribution in [0.1, 0.15) is 27.7 Å². The summed E-state index contributed by atoms with van der Waals surface area (Å²) in [7, 11) is 0. The molecule has 478 valence electrons. The van der Waals surface area contributed by atoms with E-state index in [2.05, 4.69) is 21.2 Å². The van der Waals surface area contributed by atoms with E-state index in [9.17, 15) is 96.7 Å². The Kier molecular flexibility index (Phi) is 24.8. The second-order valence-electron chi connectivity index (χ2n) is 21.8. The number of hydrogen-bond donors (Lipinski definition) is 19. The van der Waals surface area contributed by atoms with Gasteiger partial charge in [-0.1, -0.05) is 43.6 Å². The standard InChI is InChI=1S/C48H82BrNO32/c1-13-27(60)37(21(10-55)71-42(13)50-24(57)5-49)78-45-16(4)28(61)38(22(11-56)76-45)79-46-36(69)39(80-48-41(35(68)32(65)20(9-54)75-48)82-44-15(3)26(59)30(63)18(7-52)73-44)33(66)23(77-46)12-70-47-40(34(67)31(64)19(8-53)74-47)81-43-14(2)25(58)29(62)17(6-51)72-43/h13-23,25-48,51-56,58-69H,5-12H2,1-4H3,(H,50,57)/t13-,14?,15-,16-,17-,18?,19?,20+,21?,22?,23?,25?,26?,27?,28?,29+,30+,31+,32+,33+,34?,35?,36+,37+,38+,39?,40+,41?,42+,43-,44-,45-,46-,47-,48+/m0/s1. The van der Waals surface area contributed by atoms with E-state index in [1.807, 2.05) is 0 Å². The summed E-state index contributed by atoms with van der Waals surface area (Å²) in [5.74, 6) is -4.63. The molecule has 1 amide bonds. The normalized spacial score (nSPS) is 51.4. The summed E-state index contributed by atoms with van der Waals surface area (Å²) >= 11 is 3.04. The predicted octanol–water partition coefficient (Wildman–Crippen LogP) is -10.7. The molecule has 33 nitrogen and oxygen atoms in total. The number of carbonyl (C=O) groups excluding carboxylic acids is 1. The minimum Gasteiger partial charge on any atom is -0.394 e. The van der Waals surface area contributed by atoms with Crippen molar-refractivity contribution in [3.05, 3.63) is 0 Å². The van der Waals surface area contributed by atoms with Gasteiger partial charge in [-0.3, -0.25) is 4.79 Å². The quantitative estimate of drug-likeness (QED) is 0.0475. The molecule has 7 aliphatic rings. The first kappa shape index (κ1) is 68.2. The number of aliphatic hydroxyl groups excluding tert-OH is 18. The van der Waals surface area contributed by atoms with Crippen LogP contribution in [0, 0.1) is 23.7 Å². The number of halogens is 1. The van der Waals surface area contributed by atoms with Gasteiger partial charge in [0.15, 0.2) is 37.7 Å². The van der Waals surface area contributed by atoms with Crippen molar-refractivity contribution in [2.24, 2.45) is 23.7 Å². The Balaban J connectivity index is 1.17.